The van der Waals surface area contributed by atoms with E-state index in [9.17, 15) is 4.79 Å². The second-order valence-electron chi connectivity index (χ2n) is 7.23. The van der Waals surface area contributed by atoms with Crippen molar-refractivity contribution >= 4 is 40.0 Å². The van der Waals surface area contributed by atoms with Crippen molar-refractivity contribution in [1.29, 1.82) is 0 Å². The summed E-state index contributed by atoms with van der Waals surface area (Å²) in [7, 11) is 0. The van der Waals surface area contributed by atoms with Gasteiger partial charge in [0.15, 0.2) is 0 Å². The lowest BCUT2D eigenvalue weighted by molar-refractivity contribution is -0.121. The number of thiazole rings is 1. The van der Waals surface area contributed by atoms with Gasteiger partial charge in [0.25, 0.3) is 0 Å². The van der Waals surface area contributed by atoms with Crippen LogP contribution in [0.15, 0.2) is 53.9 Å². The second-order valence-corrected chi connectivity index (χ2v) is 9.07. The van der Waals surface area contributed by atoms with E-state index in [2.05, 4.69) is 57.7 Å². The van der Waals surface area contributed by atoms with Crippen LogP contribution >= 0.6 is 23.1 Å². The highest BCUT2D eigenvalue weighted by atomic mass is 32.2. The summed E-state index contributed by atoms with van der Waals surface area (Å²) in [6.07, 6.45) is 3.15. The Kier molecular flexibility index (Phi) is 6.50. The molecule has 2 aromatic heterocycles. The van der Waals surface area contributed by atoms with Crippen LogP contribution in [0.1, 0.15) is 29.5 Å². The van der Waals surface area contributed by atoms with Gasteiger partial charge in [-0.3, -0.25) is 4.79 Å². The van der Waals surface area contributed by atoms with E-state index < -0.39 is 0 Å². The summed E-state index contributed by atoms with van der Waals surface area (Å²) in [5.74, 6) is 1.70. The number of fused-ring (bicyclic) bond motifs is 1. The van der Waals surface area contributed by atoms with Crippen LogP contribution in [0.5, 0.6) is 0 Å². The number of H-pyrrole nitrogens is 1. The Bertz CT molecular complexity index is 1100. The summed E-state index contributed by atoms with van der Waals surface area (Å²) >= 11 is 3.33. The van der Waals surface area contributed by atoms with Crippen LogP contribution in [0.25, 0.3) is 21.6 Å². The summed E-state index contributed by atoms with van der Waals surface area (Å²) in [6.45, 7) is 2.07. The van der Waals surface area contributed by atoms with Crippen LogP contribution in [-0.2, 0) is 11.2 Å². The van der Waals surface area contributed by atoms with E-state index >= 15 is 0 Å². The number of nitrogens with zero attached hydrogens (tertiary/aromatic N) is 2. The number of hydrogen-bond acceptors (Lipinski definition) is 5. The van der Waals surface area contributed by atoms with Crippen molar-refractivity contribution in [3.8, 4) is 10.6 Å². The summed E-state index contributed by atoms with van der Waals surface area (Å²) in [5.41, 5.74) is 4.99. The summed E-state index contributed by atoms with van der Waals surface area (Å²) in [6, 6.07) is 16.1. The number of carbonyl (C=O) groups is 1. The number of nitrogens with one attached hydrogen (secondary N) is 2. The van der Waals surface area contributed by atoms with Gasteiger partial charge in [-0.15, -0.1) is 11.3 Å². The van der Waals surface area contributed by atoms with Gasteiger partial charge in [0, 0.05) is 10.9 Å². The number of carbonyl (C=O) groups excluding carboxylic acids is 1. The molecule has 0 saturated heterocycles. The average molecular weight is 437 g/mol. The van der Waals surface area contributed by atoms with E-state index in [0.717, 1.165) is 45.3 Å². The van der Waals surface area contributed by atoms with Gasteiger partial charge < -0.3 is 10.3 Å². The molecule has 0 aliphatic rings. The molecule has 1 amide bonds. The Labute approximate surface area is 184 Å². The van der Waals surface area contributed by atoms with E-state index in [1.807, 2.05) is 29.6 Å². The Balaban J connectivity index is 1.45. The van der Waals surface area contributed by atoms with Gasteiger partial charge >= 0.3 is 0 Å². The molecular weight excluding hydrogens is 412 g/mol. The van der Waals surface area contributed by atoms with Gasteiger partial charge in [-0.1, -0.05) is 42.0 Å². The molecule has 1 atom stereocenters. The van der Waals surface area contributed by atoms with Gasteiger partial charge in [0.05, 0.1) is 29.2 Å². The highest BCUT2D eigenvalue weighted by Gasteiger charge is 2.19. The highest BCUT2D eigenvalue weighted by Crippen LogP contribution is 2.25. The quantitative estimate of drug-likeness (QED) is 0.401. The van der Waals surface area contributed by atoms with Crippen molar-refractivity contribution in [2.45, 2.75) is 25.8 Å². The molecule has 4 aromatic rings. The fourth-order valence-corrected chi connectivity index (χ4v) is 4.57. The monoisotopic (exact) mass is 436 g/mol. The predicted octanol–water partition coefficient (Wildman–Crippen LogP) is 5.15. The van der Waals surface area contributed by atoms with E-state index in [4.69, 9.17) is 0 Å². The standard InChI is InChI=1S/C23H24N4OS2/c1-15-7-9-16(10-8-15)23-24-17(14-30-23)13-21(28)25-20(11-12-29-2)22-26-18-5-3-4-6-19(18)27-22/h3-10,14,20H,11-13H2,1-2H3,(H,25,28)(H,26,27)/t20-/m1/s1. The van der Waals surface area contributed by atoms with Gasteiger partial charge in [0.2, 0.25) is 5.91 Å². The van der Waals surface area contributed by atoms with Crippen molar-refractivity contribution in [2.24, 2.45) is 0 Å². The molecule has 0 unspecified atom stereocenters. The Morgan fingerprint density at radius 3 is 2.73 bits per heavy atom. The maximum atomic E-state index is 12.8. The Morgan fingerprint density at radius 2 is 1.97 bits per heavy atom. The van der Waals surface area contributed by atoms with Crippen LogP contribution in [0.2, 0.25) is 0 Å². The number of benzene rings is 2. The summed E-state index contributed by atoms with van der Waals surface area (Å²) in [5, 5.41) is 6.06. The van der Waals surface area contributed by atoms with Crippen molar-refractivity contribution in [1.82, 2.24) is 20.3 Å². The topological polar surface area (TPSA) is 70.7 Å². The second kappa shape index (κ2) is 9.45. The predicted molar refractivity (Wildman–Crippen MR) is 126 cm³/mol. The fraction of sp³-hybridized carbons (Fsp3) is 0.261. The number of para-hydroxylation sites is 2. The van der Waals surface area contributed by atoms with Crippen LogP contribution < -0.4 is 5.32 Å². The lowest BCUT2D eigenvalue weighted by Gasteiger charge is -2.16. The number of aromatic nitrogens is 3. The van der Waals surface area contributed by atoms with E-state index in [1.54, 1.807) is 23.1 Å². The molecule has 2 N–H and O–H groups in total. The molecule has 0 spiro atoms. The first-order valence-electron chi connectivity index (χ1n) is 9.87. The fourth-order valence-electron chi connectivity index (χ4n) is 3.28. The number of rotatable bonds is 8. The van der Waals surface area contributed by atoms with Crippen molar-refractivity contribution in [2.75, 3.05) is 12.0 Å². The van der Waals surface area contributed by atoms with Crippen LogP contribution in [-0.4, -0.2) is 32.9 Å². The first-order chi connectivity index (χ1) is 14.6. The maximum Gasteiger partial charge on any atom is 0.226 e. The molecule has 2 aromatic carbocycles. The zero-order valence-electron chi connectivity index (χ0n) is 17.0. The summed E-state index contributed by atoms with van der Waals surface area (Å²) < 4.78 is 0. The third kappa shape index (κ3) is 4.91. The molecule has 2 heterocycles. The van der Waals surface area contributed by atoms with Crippen molar-refractivity contribution < 1.29 is 4.79 Å². The Morgan fingerprint density at radius 1 is 1.17 bits per heavy atom. The molecule has 0 aliphatic carbocycles. The molecule has 7 heteroatoms. The molecular formula is C23H24N4OS2. The molecule has 4 rings (SSSR count). The largest absolute Gasteiger partial charge is 0.346 e. The molecule has 154 valence electrons. The average Bonchev–Trinajstić information content (AvgIpc) is 3.38. The normalized spacial score (nSPS) is 12.2. The first-order valence-corrected chi connectivity index (χ1v) is 12.1. The molecule has 0 bridgehead atoms. The molecule has 30 heavy (non-hydrogen) atoms. The molecule has 0 aliphatic heterocycles. The van der Waals surface area contributed by atoms with E-state index in [1.165, 1.54) is 5.56 Å². The molecule has 0 saturated carbocycles. The van der Waals surface area contributed by atoms with Crippen LogP contribution in [0.4, 0.5) is 0 Å². The molecule has 0 fully saturated rings. The zero-order valence-corrected chi connectivity index (χ0v) is 18.6. The number of thioether (sulfide) groups is 1. The molecule has 5 nitrogen and oxygen atoms in total. The minimum atomic E-state index is -0.146. The zero-order chi connectivity index (χ0) is 20.9. The Hall–Kier alpha value is -2.64. The van der Waals surface area contributed by atoms with Gasteiger partial charge in [0.1, 0.15) is 10.8 Å². The minimum absolute atomic E-state index is 0.0395. The van der Waals surface area contributed by atoms with Crippen LogP contribution in [0.3, 0.4) is 0 Å². The highest BCUT2D eigenvalue weighted by molar-refractivity contribution is 7.98. The van der Waals surface area contributed by atoms with Crippen molar-refractivity contribution in [3.63, 3.8) is 0 Å². The van der Waals surface area contributed by atoms with Crippen LogP contribution in [0, 0.1) is 6.92 Å². The van der Waals surface area contributed by atoms with Gasteiger partial charge in [-0.05, 0) is 37.5 Å². The number of imidazole rings is 1. The number of amides is 1. The maximum absolute atomic E-state index is 12.8. The third-order valence-electron chi connectivity index (χ3n) is 4.88. The van der Waals surface area contributed by atoms with Gasteiger partial charge in [-0.25, -0.2) is 9.97 Å². The number of aromatic amines is 1. The smallest absolute Gasteiger partial charge is 0.226 e. The van der Waals surface area contributed by atoms with Crippen molar-refractivity contribution in [3.05, 3.63) is 71.0 Å². The first kappa shape index (κ1) is 20.6. The lowest BCUT2D eigenvalue weighted by Crippen LogP contribution is -2.31. The third-order valence-corrected chi connectivity index (χ3v) is 6.46. The molecule has 0 radical (unpaired) electrons. The minimum Gasteiger partial charge on any atom is -0.346 e. The SMILES string of the molecule is CSCC[C@@H](NC(=O)Cc1csc(-c2ccc(C)cc2)n1)c1nc2ccccc2[nH]1. The van der Waals surface area contributed by atoms with E-state index in [0.29, 0.717) is 0 Å². The number of hydrogen-bond donors (Lipinski definition) is 2. The van der Waals surface area contributed by atoms with E-state index in [-0.39, 0.29) is 18.4 Å². The van der Waals surface area contributed by atoms with Gasteiger partial charge in [-0.2, -0.15) is 11.8 Å². The summed E-state index contributed by atoms with van der Waals surface area (Å²) in [4.78, 5) is 25.5. The lowest BCUT2D eigenvalue weighted by atomic mass is 10.1. The number of aryl methyl sites for hydroxylation is 1.